The second-order valence-corrected chi connectivity index (χ2v) is 4.51. The third-order valence-electron chi connectivity index (χ3n) is 2.86. The van der Waals surface area contributed by atoms with Gasteiger partial charge in [0.2, 0.25) is 0 Å². The van der Waals surface area contributed by atoms with Gasteiger partial charge in [-0.2, -0.15) is 0 Å². The highest BCUT2D eigenvalue weighted by atomic mass is 16.3. The quantitative estimate of drug-likeness (QED) is 0.566. The molecule has 0 fully saturated rings. The van der Waals surface area contributed by atoms with Crippen molar-refractivity contribution < 1.29 is 5.11 Å². The van der Waals surface area contributed by atoms with Gasteiger partial charge in [0.15, 0.2) is 0 Å². The molecule has 0 rings (SSSR count). The molecule has 2 unspecified atom stereocenters. The van der Waals surface area contributed by atoms with Crippen molar-refractivity contribution in [1.82, 2.24) is 10.2 Å². The number of hydrogen-bond donors (Lipinski definition) is 2. The summed E-state index contributed by atoms with van der Waals surface area (Å²) in [5.74, 6) is 0. The zero-order valence-electron chi connectivity index (χ0n) is 11.5. The largest absolute Gasteiger partial charge is 0.379 e. The SMILES string of the molecule is CCCCN(CCCC)C(CC)NC(C)O. The number of hydrogen-bond acceptors (Lipinski definition) is 3. The van der Waals surface area contributed by atoms with Crippen LogP contribution in [0.15, 0.2) is 0 Å². The van der Waals surface area contributed by atoms with E-state index in [0.29, 0.717) is 6.17 Å². The van der Waals surface area contributed by atoms with Gasteiger partial charge in [-0.1, -0.05) is 33.6 Å². The van der Waals surface area contributed by atoms with Gasteiger partial charge >= 0.3 is 0 Å². The van der Waals surface area contributed by atoms with Gasteiger partial charge in [-0.3, -0.25) is 10.2 Å². The minimum Gasteiger partial charge on any atom is -0.379 e. The van der Waals surface area contributed by atoms with E-state index in [1.165, 1.54) is 25.7 Å². The molecule has 0 spiro atoms. The summed E-state index contributed by atoms with van der Waals surface area (Å²) in [6.07, 6.45) is 5.87. The number of aliphatic hydroxyl groups excluding tert-OH is 1. The van der Waals surface area contributed by atoms with E-state index >= 15 is 0 Å². The third-order valence-corrected chi connectivity index (χ3v) is 2.86. The van der Waals surface area contributed by atoms with Crippen molar-refractivity contribution in [2.24, 2.45) is 0 Å². The molecular formula is C13H30N2O. The molecule has 0 saturated carbocycles. The molecule has 0 aromatic carbocycles. The van der Waals surface area contributed by atoms with Gasteiger partial charge in [0.25, 0.3) is 0 Å². The normalized spacial score (nSPS) is 15.4. The van der Waals surface area contributed by atoms with Gasteiger partial charge in [-0.15, -0.1) is 0 Å². The van der Waals surface area contributed by atoms with E-state index in [1.54, 1.807) is 6.92 Å². The number of nitrogens with zero attached hydrogens (tertiary/aromatic N) is 1. The van der Waals surface area contributed by atoms with E-state index in [1.807, 2.05) is 0 Å². The van der Waals surface area contributed by atoms with Gasteiger partial charge < -0.3 is 5.11 Å². The lowest BCUT2D eigenvalue weighted by molar-refractivity contribution is 0.0718. The average Bonchev–Trinajstić information content (AvgIpc) is 2.26. The predicted octanol–water partition coefficient (Wildman–Crippen LogP) is 2.55. The highest BCUT2D eigenvalue weighted by molar-refractivity contribution is 4.69. The Morgan fingerprint density at radius 3 is 1.88 bits per heavy atom. The minimum atomic E-state index is -0.421. The molecule has 0 bridgehead atoms. The van der Waals surface area contributed by atoms with Crippen molar-refractivity contribution in [3.05, 3.63) is 0 Å². The molecular weight excluding hydrogens is 200 g/mol. The Hall–Kier alpha value is -0.120. The summed E-state index contributed by atoms with van der Waals surface area (Å²) in [5, 5.41) is 12.6. The summed E-state index contributed by atoms with van der Waals surface area (Å²) in [6.45, 7) is 10.7. The van der Waals surface area contributed by atoms with Crippen LogP contribution in [0.2, 0.25) is 0 Å². The first-order valence-corrected chi connectivity index (χ1v) is 6.83. The molecule has 16 heavy (non-hydrogen) atoms. The first-order chi connectivity index (χ1) is 7.65. The first kappa shape index (κ1) is 15.9. The summed E-state index contributed by atoms with van der Waals surface area (Å²) >= 11 is 0. The Morgan fingerprint density at radius 2 is 1.56 bits per heavy atom. The Balaban J connectivity index is 4.17. The topological polar surface area (TPSA) is 35.5 Å². The fourth-order valence-electron chi connectivity index (χ4n) is 1.91. The van der Waals surface area contributed by atoms with Gasteiger partial charge in [0.05, 0.1) is 6.17 Å². The molecule has 0 saturated heterocycles. The zero-order chi connectivity index (χ0) is 12.4. The van der Waals surface area contributed by atoms with Crippen molar-refractivity contribution in [2.45, 2.75) is 72.2 Å². The van der Waals surface area contributed by atoms with Gasteiger partial charge in [-0.25, -0.2) is 0 Å². The zero-order valence-corrected chi connectivity index (χ0v) is 11.5. The van der Waals surface area contributed by atoms with Gasteiger partial charge in [0, 0.05) is 0 Å². The van der Waals surface area contributed by atoms with Crippen LogP contribution >= 0.6 is 0 Å². The monoisotopic (exact) mass is 230 g/mol. The summed E-state index contributed by atoms with van der Waals surface area (Å²) < 4.78 is 0. The van der Waals surface area contributed by atoms with Crippen LogP contribution < -0.4 is 5.32 Å². The van der Waals surface area contributed by atoms with Gasteiger partial charge in [-0.05, 0) is 39.3 Å². The minimum absolute atomic E-state index is 0.318. The summed E-state index contributed by atoms with van der Waals surface area (Å²) in [7, 11) is 0. The molecule has 0 aromatic heterocycles. The lowest BCUT2D eigenvalue weighted by atomic mass is 10.2. The molecule has 98 valence electrons. The predicted molar refractivity (Wildman–Crippen MR) is 70.3 cm³/mol. The Morgan fingerprint density at radius 1 is 1.06 bits per heavy atom. The molecule has 0 amide bonds. The highest BCUT2D eigenvalue weighted by Crippen LogP contribution is 2.06. The fourth-order valence-corrected chi connectivity index (χ4v) is 1.91. The molecule has 0 radical (unpaired) electrons. The van der Waals surface area contributed by atoms with Crippen molar-refractivity contribution in [3.8, 4) is 0 Å². The Kier molecular flexibility index (Phi) is 9.99. The molecule has 3 heteroatoms. The number of nitrogens with one attached hydrogen (secondary N) is 1. The second-order valence-electron chi connectivity index (χ2n) is 4.51. The van der Waals surface area contributed by atoms with Crippen LogP contribution in [0.3, 0.4) is 0 Å². The lowest BCUT2D eigenvalue weighted by Gasteiger charge is -2.32. The molecule has 0 aliphatic rings. The number of unbranched alkanes of at least 4 members (excludes halogenated alkanes) is 2. The molecule has 0 aliphatic carbocycles. The summed E-state index contributed by atoms with van der Waals surface area (Å²) in [5.41, 5.74) is 0. The molecule has 3 nitrogen and oxygen atoms in total. The van der Waals surface area contributed by atoms with E-state index in [-0.39, 0.29) is 0 Å². The molecule has 0 heterocycles. The van der Waals surface area contributed by atoms with E-state index < -0.39 is 6.23 Å². The molecule has 0 aliphatic heterocycles. The molecule has 2 N–H and O–H groups in total. The maximum Gasteiger partial charge on any atom is 0.103 e. The number of rotatable bonds is 10. The van der Waals surface area contributed by atoms with E-state index in [4.69, 9.17) is 0 Å². The van der Waals surface area contributed by atoms with E-state index in [0.717, 1.165) is 19.5 Å². The van der Waals surface area contributed by atoms with Crippen LogP contribution in [-0.2, 0) is 0 Å². The smallest absolute Gasteiger partial charge is 0.103 e. The third kappa shape index (κ3) is 7.20. The fraction of sp³-hybridized carbons (Fsp3) is 1.00. The lowest BCUT2D eigenvalue weighted by Crippen LogP contribution is -2.49. The highest BCUT2D eigenvalue weighted by Gasteiger charge is 2.16. The Labute approximate surface area is 101 Å². The van der Waals surface area contributed by atoms with E-state index in [9.17, 15) is 5.11 Å². The maximum absolute atomic E-state index is 9.42. The van der Waals surface area contributed by atoms with Crippen LogP contribution in [-0.4, -0.2) is 35.5 Å². The van der Waals surface area contributed by atoms with Crippen LogP contribution in [0, 0.1) is 0 Å². The first-order valence-electron chi connectivity index (χ1n) is 6.83. The van der Waals surface area contributed by atoms with Crippen LogP contribution in [0.4, 0.5) is 0 Å². The van der Waals surface area contributed by atoms with Crippen LogP contribution in [0.25, 0.3) is 0 Å². The summed E-state index contributed by atoms with van der Waals surface area (Å²) in [6, 6.07) is 0. The van der Waals surface area contributed by atoms with Crippen molar-refractivity contribution in [2.75, 3.05) is 13.1 Å². The van der Waals surface area contributed by atoms with Crippen molar-refractivity contribution in [3.63, 3.8) is 0 Å². The molecule has 2 atom stereocenters. The van der Waals surface area contributed by atoms with Gasteiger partial charge in [0.1, 0.15) is 6.23 Å². The van der Waals surface area contributed by atoms with Crippen LogP contribution in [0.5, 0.6) is 0 Å². The van der Waals surface area contributed by atoms with E-state index in [2.05, 4.69) is 31.0 Å². The van der Waals surface area contributed by atoms with Crippen LogP contribution in [0.1, 0.15) is 59.8 Å². The summed E-state index contributed by atoms with van der Waals surface area (Å²) in [4.78, 5) is 2.47. The van der Waals surface area contributed by atoms with Crippen molar-refractivity contribution in [1.29, 1.82) is 0 Å². The second kappa shape index (κ2) is 10.1. The van der Waals surface area contributed by atoms with Crippen molar-refractivity contribution >= 4 is 0 Å². The number of aliphatic hydroxyl groups is 1. The maximum atomic E-state index is 9.42. The average molecular weight is 230 g/mol. The Bertz CT molecular complexity index is 143. The standard InChI is InChI=1S/C13H30N2O/c1-5-8-10-15(11-9-6-2)13(7-3)14-12(4)16/h12-14,16H,5-11H2,1-4H3. The molecule has 0 aromatic rings.